The van der Waals surface area contributed by atoms with Gasteiger partial charge in [0.15, 0.2) is 0 Å². The number of rotatable bonds is 7. The maximum atomic E-state index is 12.8. The van der Waals surface area contributed by atoms with Crippen LogP contribution in [0.1, 0.15) is 34.3 Å². The molecule has 2 N–H and O–H groups in total. The third-order valence-electron chi connectivity index (χ3n) is 5.56. The molecule has 1 aromatic heterocycles. The maximum Gasteiger partial charge on any atom is 0.337 e. The molecule has 1 aliphatic heterocycles. The Labute approximate surface area is 187 Å². The van der Waals surface area contributed by atoms with E-state index >= 15 is 0 Å². The number of nitrogens with zero attached hydrogens (tertiary/aromatic N) is 3. The number of esters is 1. The summed E-state index contributed by atoms with van der Waals surface area (Å²) in [7, 11) is 1.34. The molecular weight excluding hydrogens is 406 g/mol. The van der Waals surface area contributed by atoms with Crippen molar-refractivity contribution in [3.8, 4) is 0 Å². The van der Waals surface area contributed by atoms with Gasteiger partial charge in [-0.3, -0.25) is 4.68 Å². The zero-order valence-corrected chi connectivity index (χ0v) is 18.1. The van der Waals surface area contributed by atoms with E-state index in [2.05, 4.69) is 20.6 Å². The molecule has 8 nitrogen and oxygen atoms in total. The SMILES string of the molecule is COC(=O)c1ccc(N2CCCC2)c(NC(=O)NCc2ccccc2Cn2cccn2)c1. The van der Waals surface area contributed by atoms with Crippen LogP contribution in [0.4, 0.5) is 16.2 Å². The minimum absolute atomic E-state index is 0.332. The molecule has 4 rings (SSSR count). The molecule has 0 unspecified atom stereocenters. The Morgan fingerprint density at radius 3 is 2.56 bits per heavy atom. The summed E-state index contributed by atoms with van der Waals surface area (Å²) in [5.74, 6) is -0.436. The first-order valence-corrected chi connectivity index (χ1v) is 10.7. The first-order chi connectivity index (χ1) is 15.6. The fourth-order valence-electron chi connectivity index (χ4n) is 3.91. The highest BCUT2D eigenvalue weighted by Gasteiger charge is 2.19. The molecule has 2 aromatic carbocycles. The van der Waals surface area contributed by atoms with Gasteiger partial charge in [-0.05, 0) is 48.2 Å². The molecule has 3 aromatic rings. The van der Waals surface area contributed by atoms with Gasteiger partial charge < -0.3 is 20.3 Å². The number of hydrogen-bond donors (Lipinski definition) is 2. The Morgan fingerprint density at radius 1 is 1.06 bits per heavy atom. The number of aromatic nitrogens is 2. The molecule has 2 amide bonds. The predicted molar refractivity (Wildman–Crippen MR) is 123 cm³/mol. The quantitative estimate of drug-likeness (QED) is 0.556. The fraction of sp³-hybridized carbons (Fsp3) is 0.292. The molecule has 0 radical (unpaired) electrons. The van der Waals surface area contributed by atoms with Crippen LogP contribution in [0.3, 0.4) is 0 Å². The minimum Gasteiger partial charge on any atom is -0.465 e. The van der Waals surface area contributed by atoms with Crippen molar-refractivity contribution in [2.24, 2.45) is 0 Å². The highest BCUT2D eigenvalue weighted by atomic mass is 16.5. The lowest BCUT2D eigenvalue weighted by molar-refractivity contribution is 0.0600. The van der Waals surface area contributed by atoms with Gasteiger partial charge in [0.25, 0.3) is 0 Å². The zero-order valence-electron chi connectivity index (χ0n) is 18.1. The molecule has 0 aliphatic carbocycles. The molecule has 166 valence electrons. The Balaban J connectivity index is 1.46. The third-order valence-corrected chi connectivity index (χ3v) is 5.56. The van der Waals surface area contributed by atoms with E-state index in [0.29, 0.717) is 24.3 Å². The van der Waals surface area contributed by atoms with Gasteiger partial charge in [0.2, 0.25) is 0 Å². The lowest BCUT2D eigenvalue weighted by Gasteiger charge is -2.22. The summed E-state index contributed by atoms with van der Waals surface area (Å²) in [5, 5.41) is 10.1. The van der Waals surface area contributed by atoms with Crippen molar-refractivity contribution in [1.29, 1.82) is 0 Å². The molecule has 1 saturated heterocycles. The summed E-state index contributed by atoms with van der Waals surface area (Å²) < 4.78 is 6.68. The Hall–Kier alpha value is -3.81. The Bertz CT molecular complexity index is 1070. The van der Waals surface area contributed by atoms with Crippen LogP contribution in [0, 0.1) is 0 Å². The number of nitrogens with one attached hydrogen (secondary N) is 2. The van der Waals surface area contributed by atoms with Crippen LogP contribution in [0.5, 0.6) is 0 Å². The summed E-state index contributed by atoms with van der Waals surface area (Å²) in [6.45, 7) is 2.86. The second-order valence-electron chi connectivity index (χ2n) is 7.70. The van der Waals surface area contributed by atoms with E-state index in [1.54, 1.807) is 18.3 Å². The van der Waals surface area contributed by atoms with Gasteiger partial charge >= 0.3 is 12.0 Å². The van der Waals surface area contributed by atoms with Crippen LogP contribution >= 0.6 is 0 Å². The van der Waals surface area contributed by atoms with E-state index in [-0.39, 0.29) is 6.03 Å². The van der Waals surface area contributed by atoms with Crippen LogP contribution in [0.25, 0.3) is 0 Å². The Morgan fingerprint density at radius 2 is 1.84 bits per heavy atom. The number of urea groups is 1. The fourth-order valence-corrected chi connectivity index (χ4v) is 3.91. The summed E-state index contributed by atoms with van der Waals surface area (Å²) in [6.07, 6.45) is 5.87. The zero-order chi connectivity index (χ0) is 22.3. The van der Waals surface area contributed by atoms with Crippen LogP contribution in [0.2, 0.25) is 0 Å². The molecule has 1 fully saturated rings. The van der Waals surface area contributed by atoms with Crippen molar-refractivity contribution < 1.29 is 14.3 Å². The first-order valence-electron chi connectivity index (χ1n) is 10.7. The molecular formula is C24H27N5O3. The first kappa shape index (κ1) is 21.4. The largest absolute Gasteiger partial charge is 0.465 e. The van der Waals surface area contributed by atoms with Crippen LogP contribution in [-0.4, -0.2) is 42.0 Å². The topological polar surface area (TPSA) is 88.5 Å². The summed E-state index contributed by atoms with van der Waals surface area (Å²) in [5.41, 5.74) is 4.00. The second kappa shape index (κ2) is 10.00. The number of carbonyl (C=O) groups excluding carboxylic acids is 2. The lowest BCUT2D eigenvalue weighted by atomic mass is 10.1. The van der Waals surface area contributed by atoms with E-state index in [0.717, 1.165) is 42.7 Å². The van der Waals surface area contributed by atoms with Gasteiger partial charge in [0.05, 0.1) is 30.6 Å². The van der Waals surface area contributed by atoms with Gasteiger partial charge in [-0.2, -0.15) is 5.10 Å². The number of amides is 2. The minimum atomic E-state index is -0.436. The highest BCUT2D eigenvalue weighted by molar-refractivity contribution is 5.97. The van der Waals surface area contributed by atoms with E-state index in [1.807, 2.05) is 47.3 Å². The maximum absolute atomic E-state index is 12.8. The Kier molecular flexibility index (Phi) is 6.69. The molecule has 2 heterocycles. The molecule has 8 heteroatoms. The second-order valence-corrected chi connectivity index (χ2v) is 7.70. The van der Waals surface area contributed by atoms with E-state index in [4.69, 9.17) is 4.74 Å². The van der Waals surface area contributed by atoms with Gasteiger partial charge in [0.1, 0.15) is 0 Å². The summed E-state index contributed by atoms with van der Waals surface area (Å²) >= 11 is 0. The van der Waals surface area contributed by atoms with Gasteiger partial charge in [-0.15, -0.1) is 0 Å². The molecule has 0 bridgehead atoms. The smallest absolute Gasteiger partial charge is 0.337 e. The normalized spacial score (nSPS) is 13.1. The lowest BCUT2D eigenvalue weighted by Crippen LogP contribution is -2.30. The van der Waals surface area contributed by atoms with Crippen molar-refractivity contribution in [3.05, 3.63) is 77.6 Å². The number of methoxy groups -OCH3 is 1. The molecule has 0 spiro atoms. The number of benzene rings is 2. The monoisotopic (exact) mass is 433 g/mol. The average molecular weight is 434 g/mol. The third kappa shape index (κ3) is 5.08. The van der Waals surface area contributed by atoms with Crippen LogP contribution < -0.4 is 15.5 Å². The van der Waals surface area contributed by atoms with Crippen molar-refractivity contribution in [3.63, 3.8) is 0 Å². The summed E-state index contributed by atoms with van der Waals surface area (Å²) in [4.78, 5) is 27.0. The summed E-state index contributed by atoms with van der Waals surface area (Å²) in [6, 6.07) is 14.8. The van der Waals surface area contributed by atoms with Crippen LogP contribution in [0.15, 0.2) is 60.9 Å². The van der Waals surface area contributed by atoms with Crippen LogP contribution in [-0.2, 0) is 17.8 Å². The van der Waals surface area contributed by atoms with Crippen molar-refractivity contribution in [2.75, 3.05) is 30.4 Å². The number of hydrogen-bond acceptors (Lipinski definition) is 5. The molecule has 0 atom stereocenters. The predicted octanol–water partition coefficient (Wildman–Crippen LogP) is 3.64. The van der Waals surface area contributed by atoms with Crippen molar-refractivity contribution in [1.82, 2.24) is 15.1 Å². The molecule has 0 saturated carbocycles. The molecule has 1 aliphatic rings. The average Bonchev–Trinajstić information content (AvgIpc) is 3.52. The van der Waals surface area contributed by atoms with Gasteiger partial charge in [-0.25, -0.2) is 9.59 Å². The van der Waals surface area contributed by atoms with Gasteiger partial charge in [-0.1, -0.05) is 24.3 Å². The van der Waals surface area contributed by atoms with E-state index < -0.39 is 5.97 Å². The van der Waals surface area contributed by atoms with E-state index in [9.17, 15) is 9.59 Å². The standard InChI is InChI=1S/C24H27N5O3/c1-32-23(30)18-9-10-22(28-12-4-5-13-28)21(15-18)27-24(31)25-16-19-7-2-3-8-20(19)17-29-14-6-11-26-29/h2-3,6-11,14-15H,4-5,12-13,16-17H2,1H3,(H2,25,27,31). The number of anilines is 2. The van der Waals surface area contributed by atoms with E-state index in [1.165, 1.54) is 7.11 Å². The number of carbonyl (C=O) groups is 2. The molecule has 32 heavy (non-hydrogen) atoms. The van der Waals surface area contributed by atoms with Crippen molar-refractivity contribution >= 4 is 23.4 Å². The number of ether oxygens (including phenoxy) is 1. The van der Waals surface area contributed by atoms with Gasteiger partial charge in [0, 0.05) is 32.0 Å². The highest BCUT2D eigenvalue weighted by Crippen LogP contribution is 2.30. The van der Waals surface area contributed by atoms with Crippen molar-refractivity contribution in [2.45, 2.75) is 25.9 Å².